The van der Waals surface area contributed by atoms with E-state index in [0.29, 0.717) is 51.9 Å². The van der Waals surface area contributed by atoms with Gasteiger partial charge in [0.1, 0.15) is 12.1 Å². The fourth-order valence-electron chi connectivity index (χ4n) is 5.77. The summed E-state index contributed by atoms with van der Waals surface area (Å²) >= 11 is 0. The van der Waals surface area contributed by atoms with Crippen molar-refractivity contribution < 1.29 is 9.59 Å². The van der Waals surface area contributed by atoms with E-state index in [0.717, 1.165) is 33.4 Å². The third kappa shape index (κ3) is 6.78. The molecule has 0 aromatic heterocycles. The van der Waals surface area contributed by atoms with Crippen molar-refractivity contribution in [2.24, 2.45) is 11.5 Å². The van der Waals surface area contributed by atoms with E-state index >= 15 is 0 Å². The minimum absolute atomic E-state index is 0.0156. The molecular weight excluding hydrogens is 520 g/mol. The molecule has 0 radical (unpaired) electrons. The Bertz CT molecular complexity index is 1330. The summed E-state index contributed by atoms with van der Waals surface area (Å²) < 4.78 is 0. The normalized spacial score (nSPS) is 17.1. The highest BCUT2D eigenvalue weighted by atomic mass is 16.2. The molecule has 1 aliphatic rings. The molecule has 0 unspecified atom stereocenters. The molecule has 6 heteroatoms. The summed E-state index contributed by atoms with van der Waals surface area (Å²) in [5.41, 5.74) is 18.2. The van der Waals surface area contributed by atoms with E-state index < -0.39 is 12.1 Å². The zero-order chi connectivity index (χ0) is 29.3. The SMILES string of the molecule is NCCC[C@H]1C(=O)N(Cc2ccc(-c3ccccc3)cc2)[C@@H](CCCN)C(=O)N1Cc1ccc(-c2ccccc2)cc1. The van der Waals surface area contributed by atoms with Gasteiger partial charge in [0.25, 0.3) is 0 Å². The van der Waals surface area contributed by atoms with Gasteiger partial charge in [-0.25, -0.2) is 0 Å². The molecule has 0 bridgehead atoms. The lowest BCUT2D eigenvalue weighted by atomic mass is 9.95. The van der Waals surface area contributed by atoms with E-state index in [1.807, 2.05) is 36.4 Å². The van der Waals surface area contributed by atoms with Gasteiger partial charge < -0.3 is 21.3 Å². The Hall–Kier alpha value is -4.26. The number of hydrogen-bond donors (Lipinski definition) is 2. The highest BCUT2D eigenvalue weighted by Gasteiger charge is 2.45. The number of carbonyl (C=O) groups is 2. The highest BCUT2D eigenvalue weighted by Crippen LogP contribution is 2.29. The molecule has 4 aromatic rings. The largest absolute Gasteiger partial charge is 0.330 e. The van der Waals surface area contributed by atoms with Crippen LogP contribution in [0.5, 0.6) is 0 Å². The third-order valence-electron chi connectivity index (χ3n) is 8.08. The molecular formula is C36H40N4O2. The van der Waals surface area contributed by atoms with E-state index in [1.54, 1.807) is 9.80 Å². The Labute approximate surface area is 248 Å². The maximum atomic E-state index is 14.1. The van der Waals surface area contributed by atoms with E-state index in [-0.39, 0.29) is 11.8 Å². The van der Waals surface area contributed by atoms with E-state index in [4.69, 9.17) is 11.5 Å². The number of hydrogen-bond acceptors (Lipinski definition) is 4. The number of carbonyl (C=O) groups excluding carboxylic acids is 2. The number of amides is 2. The van der Waals surface area contributed by atoms with Crippen LogP contribution in [0.3, 0.4) is 0 Å². The van der Waals surface area contributed by atoms with Crippen molar-refractivity contribution >= 4 is 11.8 Å². The minimum Gasteiger partial charge on any atom is -0.330 e. The van der Waals surface area contributed by atoms with Crippen molar-refractivity contribution in [3.8, 4) is 22.3 Å². The third-order valence-corrected chi connectivity index (χ3v) is 8.08. The van der Waals surface area contributed by atoms with Crippen LogP contribution in [0.25, 0.3) is 22.3 Å². The summed E-state index contributed by atoms with van der Waals surface area (Å²) in [5.74, 6) is -0.0313. The number of nitrogens with zero attached hydrogens (tertiary/aromatic N) is 2. The molecule has 1 heterocycles. The van der Waals surface area contributed by atoms with Gasteiger partial charge in [0, 0.05) is 13.1 Å². The second-order valence-electron chi connectivity index (χ2n) is 11.0. The average Bonchev–Trinajstić information content (AvgIpc) is 3.04. The first kappa shape index (κ1) is 29.2. The van der Waals surface area contributed by atoms with Gasteiger partial charge in [-0.3, -0.25) is 9.59 Å². The van der Waals surface area contributed by atoms with Crippen LogP contribution in [-0.2, 0) is 22.7 Å². The smallest absolute Gasteiger partial charge is 0.246 e. The van der Waals surface area contributed by atoms with Crippen LogP contribution in [0.1, 0.15) is 36.8 Å². The maximum absolute atomic E-state index is 14.1. The van der Waals surface area contributed by atoms with Crippen molar-refractivity contribution in [3.05, 3.63) is 120 Å². The second kappa shape index (κ2) is 14.1. The van der Waals surface area contributed by atoms with Gasteiger partial charge in [0.2, 0.25) is 11.8 Å². The van der Waals surface area contributed by atoms with Gasteiger partial charge in [0.15, 0.2) is 0 Å². The Morgan fingerprint density at radius 1 is 0.476 bits per heavy atom. The van der Waals surface area contributed by atoms with E-state index in [9.17, 15) is 9.59 Å². The van der Waals surface area contributed by atoms with Crippen LogP contribution in [0.2, 0.25) is 0 Å². The van der Waals surface area contributed by atoms with E-state index in [2.05, 4.69) is 72.8 Å². The van der Waals surface area contributed by atoms with E-state index in [1.165, 1.54) is 0 Å². The van der Waals surface area contributed by atoms with Crippen molar-refractivity contribution in [1.29, 1.82) is 0 Å². The van der Waals surface area contributed by atoms with Gasteiger partial charge in [-0.1, -0.05) is 109 Å². The molecule has 5 rings (SSSR count). The molecule has 2 amide bonds. The highest BCUT2D eigenvalue weighted by molar-refractivity contribution is 5.97. The molecule has 6 nitrogen and oxygen atoms in total. The average molecular weight is 561 g/mol. The second-order valence-corrected chi connectivity index (χ2v) is 11.0. The molecule has 1 aliphatic heterocycles. The number of piperazine rings is 1. The molecule has 1 fully saturated rings. The Balaban J connectivity index is 1.38. The summed E-state index contributed by atoms with van der Waals surface area (Å²) in [5, 5.41) is 0. The van der Waals surface area contributed by atoms with Gasteiger partial charge >= 0.3 is 0 Å². The van der Waals surface area contributed by atoms with Crippen molar-refractivity contribution in [2.45, 2.75) is 50.9 Å². The molecule has 2 atom stereocenters. The summed E-state index contributed by atoms with van der Waals surface area (Å²) in [6, 6.07) is 35.8. The lowest BCUT2D eigenvalue weighted by Gasteiger charge is -2.45. The monoisotopic (exact) mass is 560 g/mol. The molecule has 0 saturated carbocycles. The standard InChI is InChI=1S/C36H40N4O2/c37-23-7-13-33-36(42)40(26-28-17-21-32(22-18-28)30-11-5-2-6-12-30)34(14-8-24-38)35(41)39(33)25-27-15-19-31(20-16-27)29-9-3-1-4-10-29/h1-6,9-12,15-22,33-34H,7-8,13-14,23-26,37-38H2/t33-,34-/m0/s1. The quantitative estimate of drug-likeness (QED) is 0.236. The summed E-state index contributed by atoms with van der Waals surface area (Å²) in [7, 11) is 0. The first-order valence-electron chi connectivity index (χ1n) is 14.9. The van der Waals surface area contributed by atoms with Crippen molar-refractivity contribution in [2.75, 3.05) is 13.1 Å². The molecule has 4 N–H and O–H groups in total. The fraction of sp³-hybridized carbons (Fsp3) is 0.278. The molecule has 0 aliphatic carbocycles. The summed E-state index contributed by atoms with van der Waals surface area (Å²) in [4.78, 5) is 31.9. The topological polar surface area (TPSA) is 92.7 Å². The predicted molar refractivity (Wildman–Crippen MR) is 169 cm³/mol. The van der Waals surface area contributed by atoms with Crippen LogP contribution < -0.4 is 11.5 Å². The van der Waals surface area contributed by atoms with Gasteiger partial charge in [-0.05, 0) is 72.2 Å². The Morgan fingerprint density at radius 3 is 1.14 bits per heavy atom. The molecule has 4 aromatic carbocycles. The molecule has 42 heavy (non-hydrogen) atoms. The number of rotatable bonds is 12. The molecule has 216 valence electrons. The van der Waals surface area contributed by atoms with Crippen LogP contribution in [0.4, 0.5) is 0 Å². The maximum Gasteiger partial charge on any atom is 0.246 e. The Morgan fingerprint density at radius 2 is 0.810 bits per heavy atom. The summed E-state index contributed by atoms with van der Waals surface area (Å²) in [6.45, 7) is 1.70. The first-order chi connectivity index (χ1) is 20.6. The summed E-state index contributed by atoms with van der Waals surface area (Å²) in [6.07, 6.45) is 2.41. The van der Waals surface area contributed by atoms with Crippen LogP contribution in [0, 0.1) is 0 Å². The van der Waals surface area contributed by atoms with Gasteiger partial charge in [-0.15, -0.1) is 0 Å². The number of benzene rings is 4. The van der Waals surface area contributed by atoms with Crippen molar-refractivity contribution in [1.82, 2.24) is 9.80 Å². The first-order valence-corrected chi connectivity index (χ1v) is 14.9. The zero-order valence-corrected chi connectivity index (χ0v) is 24.1. The van der Waals surface area contributed by atoms with Gasteiger partial charge in [0.05, 0.1) is 0 Å². The van der Waals surface area contributed by atoms with Gasteiger partial charge in [-0.2, -0.15) is 0 Å². The van der Waals surface area contributed by atoms with Crippen LogP contribution >= 0.6 is 0 Å². The molecule has 0 spiro atoms. The fourth-order valence-corrected chi connectivity index (χ4v) is 5.77. The minimum atomic E-state index is -0.549. The predicted octanol–water partition coefficient (Wildman–Crippen LogP) is 5.61. The zero-order valence-electron chi connectivity index (χ0n) is 24.1. The lowest BCUT2D eigenvalue weighted by Crippen LogP contribution is -2.64. The number of nitrogens with two attached hydrogens (primary N) is 2. The molecule has 1 saturated heterocycles. The lowest BCUT2D eigenvalue weighted by molar-refractivity contribution is -0.164. The van der Waals surface area contributed by atoms with Crippen LogP contribution in [0.15, 0.2) is 109 Å². The Kier molecular flexibility index (Phi) is 9.80. The van der Waals surface area contributed by atoms with Crippen LogP contribution in [-0.4, -0.2) is 46.8 Å². The van der Waals surface area contributed by atoms with Crippen molar-refractivity contribution in [3.63, 3.8) is 0 Å².